The molecule has 2 unspecified atom stereocenters. The van der Waals surface area contributed by atoms with Crippen LogP contribution in [0.5, 0.6) is 11.5 Å². The summed E-state index contributed by atoms with van der Waals surface area (Å²) in [5, 5.41) is 0. The van der Waals surface area contributed by atoms with E-state index in [1.165, 1.54) is 36.4 Å². The molecular formula is C32H24F6N2O4. The summed E-state index contributed by atoms with van der Waals surface area (Å²) in [4.78, 5) is 8.51. The normalized spacial score (nSPS) is 22.2. The molecule has 44 heavy (non-hydrogen) atoms. The van der Waals surface area contributed by atoms with Gasteiger partial charge in [-0.15, -0.1) is 0 Å². The molecule has 0 amide bonds. The number of halogens is 6. The lowest BCUT2D eigenvalue weighted by atomic mass is 9.76. The van der Waals surface area contributed by atoms with E-state index in [0.29, 0.717) is 34.0 Å². The summed E-state index contributed by atoms with van der Waals surface area (Å²) in [6.07, 6.45) is 9.60. The first-order valence-corrected chi connectivity index (χ1v) is 13.1. The van der Waals surface area contributed by atoms with Crippen molar-refractivity contribution in [1.29, 1.82) is 0 Å². The van der Waals surface area contributed by atoms with E-state index < -0.39 is 35.1 Å². The topological polar surface area (TPSA) is 70.5 Å². The van der Waals surface area contributed by atoms with Gasteiger partial charge in [-0.05, 0) is 86.7 Å². The van der Waals surface area contributed by atoms with E-state index in [2.05, 4.69) is 32.6 Å². The molecule has 0 saturated heterocycles. The number of ether oxygens (including phenoxy) is 2. The Bertz CT molecular complexity index is 1630. The molecule has 0 aliphatic heterocycles. The molecule has 5 rings (SSSR count). The minimum atomic E-state index is -5.60. The third kappa shape index (κ3) is 4.52. The Morgan fingerprint density at radius 2 is 1.05 bits per heavy atom. The van der Waals surface area contributed by atoms with Gasteiger partial charge in [-0.1, -0.05) is 25.3 Å². The molecule has 2 aromatic heterocycles. The minimum absolute atomic E-state index is 0.102. The zero-order chi connectivity index (χ0) is 31.9. The molecule has 12 heteroatoms. The highest BCUT2D eigenvalue weighted by Gasteiger charge is 3.03. The number of rotatable bonds is 10. The quantitative estimate of drug-likeness (QED) is 0.166. The fourth-order valence-electron chi connectivity index (χ4n) is 4.44. The summed E-state index contributed by atoms with van der Waals surface area (Å²) >= 11 is 0. The number of nitrogens with zero attached hydrogens (tertiary/aromatic N) is 2. The van der Waals surface area contributed by atoms with Crippen molar-refractivity contribution in [1.82, 2.24) is 9.97 Å². The first-order valence-electron chi connectivity index (χ1n) is 13.1. The van der Waals surface area contributed by atoms with Crippen LogP contribution in [-0.4, -0.2) is 33.5 Å². The van der Waals surface area contributed by atoms with Crippen LogP contribution < -0.4 is 9.47 Å². The molecule has 1 saturated carbocycles. The Morgan fingerprint density at radius 3 is 1.45 bits per heavy atom. The smallest absolute Gasteiger partial charge is 0.395 e. The molecule has 2 atom stereocenters. The van der Waals surface area contributed by atoms with Gasteiger partial charge in [-0.3, -0.25) is 0 Å². The van der Waals surface area contributed by atoms with Gasteiger partial charge in [0.15, 0.2) is 11.5 Å². The number of allylic oxidation sites excluding steroid dienone is 2. The van der Waals surface area contributed by atoms with Gasteiger partial charge >= 0.3 is 23.6 Å². The Hall–Kier alpha value is -5.00. The van der Waals surface area contributed by atoms with Gasteiger partial charge in [0.05, 0.1) is 0 Å². The second-order valence-corrected chi connectivity index (χ2v) is 9.54. The fraction of sp³-hybridized carbons (Fsp3) is 0.188. The molecule has 2 aromatic carbocycles. The van der Waals surface area contributed by atoms with E-state index in [0.717, 1.165) is 24.3 Å². The molecule has 228 valence electrons. The van der Waals surface area contributed by atoms with E-state index in [4.69, 9.17) is 8.83 Å². The summed E-state index contributed by atoms with van der Waals surface area (Å²) in [5.41, 5.74) is 1.50. The molecule has 2 heterocycles. The van der Waals surface area contributed by atoms with Crippen LogP contribution >= 0.6 is 0 Å². The van der Waals surface area contributed by atoms with Gasteiger partial charge in [0.2, 0.25) is 11.8 Å². The number of alkyl halides is 6. The van der Waals surface area contributed by atoms with E-state index >= 15 is 8.78 Å². The SMILES string of the molecule is C=Cc1nc(-c2ccc(OC3(F)C(F)(F)C(F)(F)C3(F)Oc3ccc(-c4nc(/C=C\C)c(C=C)o4)cc3)cc2)oc1/C=C\C. The zero-order valence-electron chi connectivity index (χ0n) is 23.3. The highest BCUT2D eigenvalue weighted by molar-refractivity contribution is 5.64. The molecule has 0 bridgehead atoms. The average molecular weight is 615 g/mol. The Balaban J connectivity index is 1.40. The van der Waals surface area contributed by atoms with Gasteiger partial charge in [0.25, 0.3) is 0 Å². The van der Waals surface area contributed by atoms with Crippen LogP contribution in [0.15, 0.2) is 82.7 Å². The summed E-state index contributed by atoms with van der Waals surface area (Å²) in [6.45, 7) is 10.8. The maximum absolute atomic E-state index is 15.7. The average Bonchev–Trinajstić information content (AvgIpc) is 3.61. The maximum Gasteiger partial charge on any atom is 0.395 e. The zero-order valence-corrected chi connectivity index (χ0v) is 23.3. The Labute approximate surface area is 247 Å². The number of oxazole rings is 2. The molecule has 1 aliphatic rings. The highest BCUT2D eigenvalue weighted by atomic mass is 19.3. The van der Waals surface area contributed by atoms with E-state index in [1.54, 1.807) is 38.2 Å². The Kier molecular flexibility index (Phi) is 7.56. The van der Waals surface area contributed by atoms with Gasteiger partial charge in [0, 0.05) is 11.1 Å². The first kappa shape index (κ1) is 30.5. The van der Waals surface area contributed by atoms with Crippen LogP contribution in [-0.2, 0) is 0 Å². The largest absolute Gasteiger partial charge is 0.447 e. The summed E-state index contributed by atoms with van der Waals surface area (Å²) in [7, 11) is 0. The van der Waals surface area contributed by atoms with Gasteiger partial charge in [-0.25, -0.2) is 9.97 Å². The van der Waals surface area contributed by atoms with Crippen molar-refractivity contribution in [3.8, 4) is 34.4 Å². The number of hydrogen-bond donors (Lipinski definition) is 0. The van der Waals surface area contributed by atoms with Crippen LogP contribution in [0.2, 0.25) is 0 Å². The van der Waals surface area contributed by atoms with Crippen molar-refractivity contribution in [2.24, 2.45) is 0 Å². The predicted octanol–water partition coefficient (Wildman–Crippen LogP) is 9.42. The van der Waals surface area contributed by atoms with E-state index in [-0.39, 0.29) is 11.8 Å². The molecule has 0 radical (unpaired) electrons. The number of aromatic nitrogens is 2. The van der Waals surface area contributed by atoms with Crippen LogP contribution in [0.1, 0.15) is 36.8 Å². The molecule has 1 fully saturated rings. The molecule has 6 nitrogen and oxygen atoms in total. The predicted molar refractivity (Wildman–Crippen MR) is 152 cm³/mol. The second kappa shape index (κ2) is 10.9. The van der Waals surface area contributed by atoms with E-state index in [1.807, 2.05) is 0 Å². The van der Waals surface area contributed by atoms with Crippen molar-refractivity contribution in [3.63, 3.8) is 0 Å². The molecular weight excluding hydrogens is 590 g/mol. The lowest BCUT2D eigenvalue weighted by Gasteiger charge is -2.55. The van der Waals surface area contributed by atoms with Crippen molar-refractivity contribution in [2.75, 3.05) is 0 Å². The standard InChI is InChI=1S/C32H24F6N2O4/c1-5-9-24-25(8-4)41-28(40-24)20-13-17-22(18-14-20)44-32(38)30(35,36)29(33,34)31(32,37)43-21-15-11-19(12-16-21)27-39-23(7-3)26(42-27)10-6-2/h5-18H,3-4H2,1-2H3/b9-5-,10-6-. The number of hydrogen-bond acceptors (Lipinski definition) is 6. The third-order valence-corrected chi connectivity index (χ3v) is 6.72. The van der Waals surface area contributed by atoms with Crippen LogP contribution in [0.25, 0.3) is 47.2 Å². The minimum Gasteiger partial charge on any atom is -0.447 e. The van der Waals surface area contributed by atoms with E-state index in [9.17, 15) is 17.6 Å². The first-order chi connectivity index (χ1) is 20.9. The molecule has 1 aliphatic carbocycles. The van der Waals surface area contributed by atoms with Gasteiger partial charge in [0.1, 0.15) is 22.9 Å². The van der Waals surface area contributed by atoms with Crippen LogP contribution in [0.3, 0.4) is 0 Å². The summed E-state index contributed by atoms with van der Waals surface area (Å²) in [5.74, 6) is -21.4. The number of benzene rings is 2. The van der Waals surface area contributed by atoms with Gasteiger partial charge in [-0.2, -0.15) is 26.3 Å². The fourth-order valence-corrected chi connectivity index (χ4v) is 4.44. The second-order valence-electron chi connectivity index (χ2n) is 9.54. The van der Waals surface area contributed by atoms with Crippen molar-refractivity contribution >= 4 is 24.3 Å². The highest BCUT2D eigenvalue weighted by Crippen LogP contribution is 2.68. The molecule has 4 aromatic rings. The van der Waals surface area contributed by atoms with Crippen LogP contribution in [0.4, 0.5) is 26.3 Å². The summed E-state index contributed by atoms with van der Waals surface area (Å²) in [6, 6.07) is 8.87. The lowest BCUT2D eigenvalue weighted by molar-refractivity contribution is -0.527. The monoisotopic (exact) mass is 614 g/mol. The van der Waals surface area contributed by atoms with Crippen molar-refractivity contribution in [3.05, 3.63) is 96.7 Å². The summed E-state index contributed by atoms with van der Waals surface area (Å²) < 4.78 is 110. The maximum atomic E-state index is 15.7. The molecule has 0 N–H and O–H groups in total. The van der Waals surface area contributed by atoms with Crippen LogP contribution in [0, 0.1) is 0 Å². The third-order valence-electron chi connectivity index (χ3n) is 6.72. The van der Waals surface area contributed by atoms with Crippen molar-refractivity contribution in [2.45, 2.75) is 37.4 Å². The Morgan fingerprint density at radius 1 is 0.614 bits per heavy atom. The van der Waals surface area contributed by atoms with Gasteiger partial charge < -0.3 is 18.3 Å². The van der Waals surface area contributed by atoms with Crippen molar-refractivity contribution < 1.29 is 44.7 Å². The lowest BCUT2D eigenvalue weighted by Crippen LogP contribution is -2.89. The molecule has 0 spiro atoms.